The monoisotopic (exact) mass is 205 g/mol. The largest absolute Gasteiger partial charge is 0.324 e. The summed E-state index contributed by atoms with van der Waals surface area (Å²) >= 11 is 0. The van der Waals surface area contributed by atoms with Crippen molar-refractivity contribution in [1.82, 2.24) is 0 Å². The Morgan fingerprint density at radius 1 is 1.23 bits per heavy atom. The van der Waals surface area contributed by atoms with Crippen LogP contribution in [-0.2, 0) is 9.84 Å². The van der Waals surface area contributed by atoms with Crippen LogP contribution in [0.3, 0.4) is 0 Å². The Balaban J connectivity index is 2.60. The molecule has 0 spiro atoms. The van der Waals surface area contributed by atoms with Gasteiger partial charge in [-0.1, -0.05) is 26.2 Å². The molecule has 1 aliphatic carbocycles. The van der Waals surface area contributed by atoms with Crippen LogP contribution in [0.25, 0.3) is 0 Å². The van der Waals surface area contributed by atoms with Gasteiger partial charge < -0.3 is 5.73 Å². The molecule has 1 fully saturated rings. The topological polar surface area (TPSA) is 60.2 Å². The average Bonchev–Trinajstić information content (AvgIpc) is 2.04. The van der Waals surface area contributed by atoms with Crippen molar-refractivity contribution in [2.75, 3.05) is 11.5 Å². The summed E-state index contributed by atoms with van der Waals surface area (Å²) in [5, 5.41) is 0. The predicted octanol–water partition coefficient (Wildman–Crippen LogP) is 1.08. The van der Waals surface area contributed by atoms with Crippen molar-refractivity contribution in [3.63, 3.8) is 0 Å². The summed E-state index contributed by atoms with van der Waals surface area (Å²) in [6.45, 7) is 1.68. The number of sulfone groups is 1. The molecule has 1 saturated carbocycles. The van der Waals surface area contributed by atoms with Gasteiger partial charge in [0, 0.05) is 11.3 Å². The van der Waals surface area contributed by atoms with E-state index in [-0.39, 0.29) is 11.5 Å². The van der Waals surface area contributed by atoms with E-state index in [2.05, 4.69) is 0 Å². The molecule has 4 heteroatoms. The highest BCUT2D eigenvalue weighted by Gasteiger charge is 2.31. The lowest BCUT2D eigenvalue weighted by atomic mass is 9.84. The van der Waals surface area contributed by atoms with Crippen molar-refractivity contribution in [2.24, 2.45) is 5.73 Å². The van der Waals surface area contributed by atoms with Gasteiger partial charge in [0.15, 0.2) is 9.84 Å². The van der Waals surface area contributed by atoms with E-state index in [0.29, 0.717) is 0 Å². The minimum absolute atomic E-state index is 0.177. The van der Waals surface area contributed by atoms with E-state index in [0.717, 1.165) is 25.7 Å². The molecule has 0 amide bonds. The number of hydrogen-bond acceptors (Lipinski definition) is 3. The smallest absolute Gasteiger partial charge is 0.151 e. The molecular weight excluding hydrogens is 186 g/mol. The lowest BCUT2D eigenvalue weighted by Gasteiger charge is -2.32. The van der Waals surface area contributed by atoms with Gasteiger partial charge in [0.1, 0.15) is 0 Å². The summed E-state index contributed by atoms with van der Waals surface area (Å²) in [4.78, 5) is 0. The molecule has 0 aromatic carbocycles. The second-order valence-electron chi connectivity index (χ2n) is 4.10. The van der Waals surface area contributed by atoms with Gasteiger partial charge in [-0.25, -0.2) is 8.42 Å². The molecule has 0 saturated heterocycles. The van der Waals surface area contributed by atoms with Crippen molar-refractivity contribution < 1.29 is 8.42 Å². The molecule has 0 heterocycles. The standard InChI is InChI=1S/C9H19NO2S/c1-2-13(11,12)8-9(10)6-4-3-5-7-9/h2-8,10H2,1H3. The summed E-state index contributed by atoms with van der Waals surface area (Å²) in [6.07, 6.45) is 5.09. The first kappa shape index (κ1) is 11.0. The predicted molar refractivity (Wildman–Crippen MR) is 54.3 cm³/mol. The number of rotatable bonds is 3. The third-order valence-corrected chi connectivity index (χ3v) is 4.69. The average molecular weight is 205 g/mol. The second-order valence-corrected chi connectivity index (χ2v) is 6.45. The molecule has 78 valence electrons. The fourth-order valence-electron chi connectivity index (χ4n) is 1.94. The molecule has 0 bridgehead atoms. The minimum Gasteiger partial charge on any atom is -0.324 e. The van der Waals surface area contributed by atoms with Crippen molar-refractivity contribution >= 4 is 9.84 Å². The van der Waals surface area contributed by atoms with Gasteiger partial charge in [-0.15, -0.1) is 0 Å². The van der Waals surface area contributed by atoms with Crippen LogP contribution < -0.4 is 5.73 Å². The molecule has 3 nitrogen and oxygen atoms in total. The van der Waals surface area contributed by atoms with E-state index in [9.17, 15) is 8.42 Å². The summed E-state index contributed by atoms with van der Waals surface area (Å²) < 4.78 is 22.8. The third kappa shape index (κ3) is 3.27. The fourth-order valence-corrected chi connectivity index (χ4v) is 3.31. The molecule has 0 radical (unpaired) electrons. The SMILES string of the molecule is CCS(=O)(=O)CC1(N)CCCCC1. The van der Waals surface area contributed by atoms with E-state index in [1.165, 1.54) is 6.42 Å². The highest BCUT2D eigenvalue weighted by Crippen LogP contribution is 2.27. The molecule has 1 aliphatic rings. The van der Waals surface area contributed by atoms with E-state index < -0.39 is 15.4 Å². The maximum absolute atomic E-state index is 11.4. The Kier molecular flexibility index (Phi) is 3.35. The zero-order valence-electron chi connectivity index (χ0n) is 8.25. The summed E-state index contributed by atoms with van der Waals surface area (Å²) in [7, 11) is -2.90. The molecule has 0 aromatic heterocycles. The minimum atomic E-state index is -2.90. The first-order valence-electron chi connectivity index (χ1n) is 4.97. The van der Waals surface area contributed by atoms with Crippen LogP contribution in [0.4, 0.5) is 0 Å². The van der Waals surface area contributed by atoms with Crippen LogP contribution in [0.15, 0.2) is 0 Å². The molecule has 0 unspecified atom stereocenters. The van der Waals surface area contributed by atoms with E-state index in [4.69, 9.17) is 5.73 Å². The first-order chi connectivity index (χ1) is 5.97. The lowest BCUT2D eigenvalue weighted by molar-refractivity contribution is 0.324. The fraction of sp³-hybridized carbons (Fsp3) is 1.00. The van der Waals surface area contributed by atoms with Gasteiger partial charge in [-0.05, 0) is 12.8 Å². The van der Waals surface area contributed by atoms with Gasteiger partial charge >= 0.3 is 0 Å². The molecule has 13 heavy (non-hydrogen) atoms. The molecule has 0 atom stereocenters. The Hall–Kier alpha value is -0.0900. The van der Waals surface area contributed by atoms with E-state index >= 15 is 0 Å². The Morgan fingerprint density at radius 2 is 1.77 bits per heavy atom. The number of nitrogens with two attached hydrogens (primary N) is 1. The van der Waals surface area contributed by atoms with Crippen LogP contribution in [0.1, 0.15) is 39.0 Å². The van der Waals surface area contributed by atoms with E-state index in [1.807, 2.05) is 0 Å². The maximum atomic E-state index is 11.4. The van der Waals surface area contributed by atoms with Crippen LogP contribution in [0, 0.1) is 0 Å². The van der Waals surface area contributed by atoms with Crippen LogP contribution in [0.2, 0.25) is 0 Å². The first-order valence-corrected chi connectivity index (χ1v) is 6.79. The van der Waals surface area contributed by atoms with Gasteiger partial charge in [-0.3, -0.25) is 0 Å². The quantitative estimate of drug-likeness (QED) is 0.750. The highest BCUT2D eigenvalue weighted by atomic mass is 32.2. The van der Waals surface area contributed by atoms with Crippen LogP contribution in [-0.4, -0.2) is 25.5 Å². The summed E-state index contributed by atoms with van der Waals surface area (Å²) in [6, 6.07) is 0. The Labute approximate surface area is 80.6 Å². The third-order valence-electron chi connectivity index (χ3n) is 2.80. The molecular formula is C9H19NO2S. The Bertz CT molecular complexity index is 253. The van der Waals surface area contributed by atoms with Crippen molar-refractivity contribution in [2.45, 2.75) is 44.6 Å². The zero-order valence-corrected chi connectivity index (χ0v) is 9.07. The van der Waals surface area contributed by atoms with Crippen molar-refractivity contribution in [3.05, 3.63) is 0 Å². The van der Waals surface area contributed by atoms with Gasteiger partial charge in [-0.2, -0.15) is 0 Å². The Morgan fingerprint density at radius 3 is 2.23 bits per heavy atom. The summed E-state index contributed by atoms with van der Waals surface area (Å²) in [5.41, 5.74) is 5.62. The lowest BCUT2D eigenvalue weighted by Crippen LogP contribution is -2.48. The zero-order chi connectivity index (χ0) is 9.95. The second kappa shape index (κ2) is 3.96. The molecule has 2 N–H and O–H groups in total. The van der Waals surface area contributed by atoms with Gasteiger partial charge in [0.2, 0.25) is 0 Å². The molecule has 0 aliphatic heterocycles. The maximum Gasteiger partial charge on any atom is 0.151 e. The number of hydrogen-bond donors (Lipinski definition) is 1. The normalized spacial score (nSPS) is 22.9. The van der Waals surface area contributed by atoms with E-state index in [1.54, 1.807) is 6.92 Å². The van der Waals surface area contributed by atoms with Gasteiger partial charge in [0.05, 0.1) is 5.75 Å². The molecule has 1 rings (SSSR count). The van der Waals surface area contributed by atoms with Crippen LogP contribution in [0.5, 0.6) is 0 Å². The van der Waals surface area contributed by atoms with Crippen molar-refractivity contribution in [3.8, 4) is 0 Å². The van der Waals surface area contributed by atoms with Gasteiger partial charge in [0.25, 0.3) is 0 Å². The van der Waals surface area contributed by atoms with Crippen LogP contribution >= 0.6 is 0 Å². The highest BCUT2D eigenvalue weighted by molar-refractivity contribution is 7.91. The summed E-state index contributed by atoms with van der Waals surface area (Å²) in [5.74, 6) is 0.391. The molecule has 0 aromatic rings. The van der Waals surface area contributed by atoms with Crippen molar-refractivity contribution in [1.29, 1.82) is 0 Å².